The van der Waals surface area contributed by atoms with Crippen LogP contribution in [0.5, 0.6) is 5.75 Å². The fourth-order valence-corrected chi connectivity index (χ4v) is 1.41. The molecule has 0 aliphatic heterocycles. The average molecular weight is 202 g/mol. The number of phenols is 1. The maximum absolute atomic E-state index is 10.4. The predicted octanol–water partition coefficient (Wildman–Crippen LogP) is 2.77. The van der Waals surface area contributed by atoms with Gasteiger partial charge in [0.25, 0.3) is 0 Å². The largest absolute Gasteiger partial charge is 0.507 e. The van der Waals surface area contributed by atoms with Gasteiger partial charge in [-0.3, -0.25) is 4.79 Å². The monoisotopic (exact) mass is 202 g/mol. The number of phenolic OH excluding ortho intramolecular Hbond substituents is 1. The molecule has 3 nitrogen and oxygen atoms in total. The molecule has 0 radical (unpaired) electrons. The molecule has 0 amide bonds. The smallest absolute Gasteiger partial charge is 0.185 e. The van der Waals surface area contributed by atoms with Gasteiger partial charge in [-0.15, -0.1) is 0 Å². The Bertz CT molecular complexity index is 497. The van der Waals surface area contributed by atoms with Gasteiger partial charge in [0.05, 0.1) is 5.56 Å². The summed E-state index contributed by atoms with van der Waals surface area (Å²) >= 11 is 0. The highest BCUT2D eigenvalue weighted by molar-refractivity contribution is 5.74. The summed E-state index contributed by atoms with van der Waals surface area (Å²) in [6, 6.07) is 8.52. The molecule has 2 rings (SSSR count). The fraction of sp³-hybridized carbons (Fsp3) is 0.0833. The van der Waals surface area contributed by atoms with Gasteiger partial charge in [-0.05, 0) is 36.8 Å². The molecular weight excluding hydrogens is 192 g/mol. The first-order valence-electron chi connectivity index (χ1n) is 4.55. The van der Waals surface area contributed by atoms with E-state index in [0.717, 1.165) is 5.56 Å². The molecule has 0 aliphatic carbocycles. The van der Waals surface area contributed by atoms with Crippen LogP contribution >= 0.6 is 0 Å². The Balaban J connectivity index is 2.49. The van der Waals surface area contributed by atoms with Crippen molar-refractivity contribution in [2.75, 3.05) is 0 Å². The summed E-state index contributed by atoms with van der Waals surface area (Å²) in [6.45, 7) is 1.89. The number of carbonyl (C=O) groups excluding carboxylic acids is 1. The van der Waals surface area contributed by atoms with Gasteiger partial charge in [-0.1, -0.05) is 6.07 Å². The quantitative estimate of drug-likeness (QED) is 0.762. The maximum atomic E-state index is 10.4. The molecule has 1 aromatic carbocycles. The molecule has 1 heterocycles. The zero-order chi connectivity index (χ0) is 10.8. The number of aldehydes is 1. The molecule has 3 heteroatoms. The van der Waals surface area contributed by atoms with E-state index in [1.807, 2.05) is 13.0 Å². The summed E-state index contributed by atoms with van der Waals surface area (Å²) in [5.41, 5.74) is 1.56. The zero-order valence-corrected chi connectivity index (χ0v) is 8.23. The number of aryl methyl sites for hydroxylation is 1. The Morgan fingerprint density at radius 3 is 2.67 bits per heavy atom. The third-order valence-electron chi connectivity index (χ3n) is 2.16. The van der Waals surface area contributed by atoms with Crippen molar-refractivity contribution in [3.8, 4) is 17.1 Å². The Morgan fingerprint density at radius 1 is 1.27 bits per heavy atom. The number of rotatable bonds is 2. The van der Waals surface area contributed by atoms with E-state index < -0.39 is 0 Å². The maximum Gasteiger partial charge on any atom is 0.185 e. The lowest BCUT2D eigenvalue weighted by Crippen LogP contribution is -1.78. The molecule has 0 fully saturated rings. The average Bonchev–Trinajstić information content (AvgIpc) is 2.66. The van der Waals surface area contributed by atoms with Gasteiger partial charge in [-0.25, -0.2) is 0 Å². The second kappa shape index (κ2) is 3.61. The second-order valence-corrected chi connectivity index (χ2v) is 3.34. The summed E-state index contributed by atoms with van der Waals surface area (Å²) in [7, 11) is 0. The van der Waals surface area contributed by atoms with Crippen LogP contribution in [0.4, 0.5) is 0 Å². The minimum atomic E-state index is 0.154. The van der Waals surface area contributed by atoms with Crippen LogP contribution in [0.15, 0.2) is 34.7 Å². The lowest BCUT2D eigenvalue weighted by Gasteiger charge is -2.01. The Labute approximate surface area is 87.0 Å². The summed E-state index contributed by atoms with van der Waals surface area (Å²) < 4.78 is 5.21. The summed E-state index contributed by atoms with van der Waals surface area (Å²) in [6.07, 6.45) is 0.634. The van der Waals surface area contributed by atoms with Crippen molar-refractivity contribution in [3.63, 3.8) is 0 Å². The molecule has 0 spiro atoms. The summed E-state index contributed by atoms with van der Waals surface area (Å²) in [5, 5.41) is 9.68. The molecule has 76 valence electrons. The van der Waals surface area contributed by atoms with Gasteiger partial charge >= 0.3 is 0 Å². The molecule has 15 heavy (non-hydrogen) atoms. The Hall–Kier alpha value is -2.03. The number of hydrogen-bond acceptors (Lipinski definition) is 3. The van der Waals surface area contributed by atoms with Crippen LogP contribution in [0, 0.1) is 6.92 Å². The predicted molar refractivity (Wildman–Crippen MR) is 55.9 cm³/mol. The topological polar surface area (TPSA) is 50.4 Å². The minimum absolute atomic E-state index is 0.154. The standard InChI is InChI=1S/C12H10O3/c1-8-2-4-10(11(14)6-8)12-5-3-9(7-13)15-12/h2-7,14H,1H3. The van der Waals surface area contributed by atoms with Crippen LogP contribution < -0.4 is 0 Å². The molecule has 0 aliphatic rings. The molecule has 0 atom stereocenters. The van der Waals surface area contributed by atoms with Crippen molar-refractivity contribution in [1.29, 1.82) is 0 Å². The van der Waals surface area contributed by atoms with Crippen molar-refractivity contribution in [1.82, 2.24) is 0 Å². The van der Waals surface area contributed by atoms with E-state index in [4.69, 9.17) is 4.42 Å². The van der Waals surface area contributed by atoms with Gasteiger partial charge in [0.1, 0.15) is 11.5 Å². The number of furan rings is 1. The van der Waals surface area contributed by atoms with Crippen molar-refractivity contribution in [2.24, 2.45) is 0 Å². The highest BCUT2D eigenvalue weighted by Gasteiger charge is 2.08. The molecule has 1 N–H and O–H groups in total. The van der Waals surface area contributed by atoms with Crippen LogP contribution in [-0.2, 0) is 0 Å². The molecule has 1 aromatic heterocycles. The first-order valence-corrected chi connectivity index (χ1v) is 4.55. The Kier molecular flexibility index (Phi) is 2.29. The highest BCUT2D eigenvalue weighted by Crippen LogP contribution is 2.30. The zero-order valence-electron chi connectivity index (χ0n) is 8.23. The van der Waals surface area contributed by atoms with Gasteiger partial charge in [0.2, 0.25) is 0 Å². The third-order valence-corrected chi connectivity index (χ3v) is 2.16. The van der Waals surface area contributed by atoms with E-state index in [-0.39, 0.29) is 11.5 Å². The van der Waals surface area contributed by atoms with Crippen LogP contribution in [0.2, 0.25) is 0 Å². The van der Waals surface area contributed by atoms with Gasteiger partial charge in [0.15, 0.2) is 12.0 Å². The van der Waals surface area contributed by atoms with E-state index in [1.54, 1.807) is 24.3 Å². The van der Waals surface area contributed by atoms with E-state index in [2.05, 4.69) is 0 Å². The van der Waals surface area contributed by atoms with Crippen molar-refractivity contribution < 1.29 is 14.3 Å². The van der Waals surface area contributed by atoms with Crippen LogP contribution in [0.1, 0.15) is 16.1 Å². The van der Waals surface area contributed by atoms with Gasteiger partial charge < -0.3 is 9.52 Å². The van der Waals surface area contributed by atoms with E-state index >= 15 is 0 Å². The first-order chi connectivity index (χ1) is 7.20. The highest BCUT2D eigenvalue weighted by atomic mass is 16.3. The molecular formula is C12H10O3. The molecule has 0 saturated heterocycles. The second-order valence-electron chi connectivity index (χ2n) is 3.34. The van der Waals surface area contributed by atoms with E-state index in [1.165, 1.54) is 0 Å². The van der Waals surface area contributed by atoms with Crippen LogP contribution in [0.3, 0.4) is 0 Å². The van der Waals surface area contributed by atoms with Crippen molar-refractivity contribution >= 4 is 6.29 Å². The number of hydrogen-bond donors (Lipinski definition) is 1. The number of carbonyl (C=O) groups is 1. The summed E-state index contributed by atoms with van der Waals surface area (Å²) in [5.74, 6) is 0.904. The van der Waals surface area contributed by atoms with E-state index in [9.17, 15) is 9.90 Å². The van der Waals surface area contributed by atoms with Gasteiger partial charge in [-0.2, -0.15) is 0 Å². The van der Waals surface area contributed by atoms with Crippen molar-refractivity contribution in [3.05, 3.63) is 41.7 Å². The molecule has 2 aromatic rings. The van der Waals surface area contributed by atoms with Crippen molar-refractivity contribution in [2.45, 2.75) is 6.92 Å². The normalized spacial score (nSPS) is 10.2. The lowest BCUT2D eigenvalue weighted by atomic mass is 10.1. The first kappa shape index (κ1) is 9.52. The minimum Gasteiger partial charge on any atom is -0.507 e. The van der Waals surface area contributed by atoms with E-state index in [0.29, 0.717) is 17.6 Å². The SMILES string of the molecule is Cc1ccc(-c2ccc(C=O)o2)c(O)c1. The molecule has 0 unspecified atom stereocenters. The van der Waals surface area contributed by atoms with Crippen LogP contribution in [0.25, 0.3) is 11.3 Å². The fourth-order valence-electron chi connectivity index (χ4n) is 1.41. The molecule has 0 bridgehead atoms. The Morgan fingerprint density at radius 2 is 2.07 bits per heavy atom. The lowest BCUT2D eigenvalue weighted by molar-refractivity contribution is 0.110. The third kappa shape index (κ3) is 1.76. The van der Waals surface area contributed by atoms with Crippen LogP contribution in [-0.4, -0.2) is 11.4 Å². The summed E-state index contributed by atoms with van der Waals surface area (Å²) in [4.78, 5) is 10.4. The van der Waals surface area contributed by atoms with Gasteiger partial charge in [0, 0.05) is 0 Å². The molecule has 0 saturated carbocycles. The number of benzene rings is 1. The number of aromatic hydroxyl groups is 1.